The molecule has 0 saturated carbocycles. The van der Waals surface area contributed by atoms with E-state index in [9.17, 15) is 24.9 Å². The molecule has 0 aliphatic heterocycles. The van der Waals surface area contributed by atoms with Gasteiger partial charge in [0.1, 0.15) is 0 Å². The van der Waals surface area contributed by atoms with Crippen molar-refractivity contribution in [3.63, 3.8) is 0 Å². The molecular weight excluding hydrogens is 396 g/mol. The fourth-order valence-electron chi connectivity index (χ4n) is 2.36. The van der Waals surface area contributed by atoms with Crippen LogP contribution < -0.4 is 14.9 Å². The minimum absolute atomic E-state index is 0.0386. The molecule has 3 rings (SSSR count). The van der Waals surface area contributed by atoms with Gasteiger partial charge in [0.05, 0.1) is 19.6 Å². The number of nitrogens with zero attached hydrogens (tertiary/aromatic N) is 1. The lowest BCUT2D eigenvalue weighted by Gasteiger charge is -2.09. The predicted octanol–water partition coefficient (Wildman–Crippen LogP) is 2.39. The van der Waals surface area contributed by atoms with Crippen LogP contribution in [0.25, 0.3) is 0 Å². The van der Waals surface area contributed by atoms with E-state index in [1.807, 2.05) is 0 Å². The van der Waals surface area contributed by atoms with Gasteiger partial charge in [-0.25, -0.2) is 10.2 Å². The summed E-state index contributed by atoms with van der Waals surface area (Å²) < 4.78 is 15.4. The zero-order chi connectivity index (χ0) is 21.7. The molecule has 1 heterocycles. The maximum atomic E-state index is 12.0. The number of carbonyl (C=O) groups is 2. The van der Waals surface area contributed by atoms with E-state index in [2.05, 4.69) is 10.5 Å². The zero-order valence-electron chi connectivity index (χ0n) is 15.5. The van der Waals surface area contributed by atoms with Gasteiger partial charge in [-0.15, -0.1) is 0 Å². The molecule has 10 heteroatoms. The van der Waals surface area contributed by atoms with Crippen LogP contribution in [0, 0.1) is 0 Å². The number of esters is 1. The second-order valence-electron chi connectivity index (χ2n) is 5.84. The minimum atomic E-state index is -0.729. The average Bonchev–Trinajstić information content (AvgIpc) is 3.27. The summed E-state index contributed by atoms with van der Waals surface area (Å²) >= 11 is 0. The number of ether oxygens (including phenoxy) is 2. The maximum absolute atomic E-state index is 12.0. The second kappa shape index (κ2) is 8.69. The number of hydrogen-bond acceptors (Lipinski definition) is 9. The number of hydrogen-bond donors (Lipinski definition) is 4. The molecule has 30 heavy (non-hydrogen) atoms. The largest absolute Gasteiger partial charge is 0.504 e. The summed E-state index contributed by atoms with van der Waals surface area (Å²) in [6.45, 7) is 0. The van der Waals surface area contributed by atoms with Crippen molar-refractivity contribution in [1.82, 2.24) is 5.43 Å². The van der Waals surface area contributed by atoms with Gasteiger partial charge in [0.25, 0.3) is 5.91 Å². The Morgan fingerprint density at radius 1 is 1.07 bits per heavy atom. The third kappa shape index (κ3) is 4.50. The van der Waals surface area contributed by atoms with E-state index in [1.165, 1.54) is 37.8 Å². The normalized spacial score (nSPS) is 10.7. The van der Waals surface area contributed by atoms with E-state index in [4.69, 9.17) is 13.9 Å². The van der Waals surface area contributed by atoms with Crippen molar-refractivity contribution in [2.24, 2.45) is 5.10 Å². The van der Waals surface area contributed by atoms with Crippen molar-refractivity contribution in [1.29, 1.82) is 0 Å². The van der Waals surface area contributed by atoms with E-state index < -0.39 is 29.1 Å². The fourth-order valence-corrected chi connectivity index (χ4v) is 2.36. The van der Waals surface area contributed by atoms with Crippen molar-refractivity contribution in [2.75, 3.05) is 7.11 Å². The molecule has 1 amide bonds. The first kappa shape index (κ1) is 20.3. The Bertz CT molecular complexity index is 1080. The van der Waals surface area contributed by atoms with E-state index in [0.29, 0.717) is 5.56 Å². The highest BCUT2D eigenvalue weighted by atomic mass is 16.6. The number of nitrogens with one attached hydrogen (secondary N) is 1. The molecule has 0 unspecified atom stereocenters. The smallest absolute Gasteiger partial charge is 0.379 e. The Kier molecular flexibility index (Phi) is 5.87. The number of benzene rings is 2. The van der Waals surface area contributed by atoms with Crippen LogP contribution >= 0.6 is 0 Å². The molecule has 2 aromatic carbocycles. The van der Waals surface area contributed by atoms with Gasteiger partial charge < -0.3 is 29.2 Å². The number of hydrazone groups is 1. The lowest BCUT2D eigenvalue weighted by molar-refractivity contribution is 0.0696. The Morgan fingerprint density at radius 3 is 2.43 bits per heavy atom. The molecule has 4 N–H and O–H groups in total. The fraction of sp³-hybridized carbons (Fsp3) is 0.0500. The van der Waals surface area contributed by atoms with Crippen LogP contribution in [0.3, 0.4) is 0 Å². The summed E-state index contributed by atoms with van der Waals surface area (Å²) in [4.78, 5) is 24.0. The Balaban J connectivity index is 1.68. The standard InChI is InChI=1S/C20H16N2O8/c1-28-17-7-11(4-5-15(17)30-20(27)16-3-2-6-29-16)10-21-22-19(26)12-8-13(23)18(25)14(24)9-12/h2-10,23-25H,1H3,(H,22,26)/b21-10+. The Hall–Kier alpha value is -4.47. The zero-order valence-corrected chi connectivity index (χ0v) is 15.5. The lowest BCUT2D eigenvalue weighted by atomic mass is 10.2. The SMILES string of the molecule is COc1cc(/C=N/NC(=O)c2cc(O)c(O)c(O)c2)ccc1OC(=O)c1ccco1. The van der Waals surface area contributed by atoms with Gasteiger partial charge in [-0.3, -0.25) is 4.79 Å². The van der Waals surface area contributed by atoms with Gasteiger partial charge in [-0.1, -0.05) is 0 Å². The van der Waals surface area contributed by atoms with Crippen LogP contribution in [0.1, 0.15) is 26.5 Å². The van der Waals surface area contributed by atoms with Gasteiger partial charge in [0.2, 0.25) is 5.76 Å². The number of carbonyl (C=O) groups excluding carboxylic acids is 2. The van der Waals surface area contributed by atoms with Crippen molar-refractivity contribution in [3.05, 3.63) is 65.6 Å². The van der Waals surface area contributed by atoms with Gasteiger partial charge in [0.15, 0.2) is 28.7 Å². The summed E-state index contributed by atoms with van der Waals surface area (Å²) in [6, 6.07) is 9.56. The highest BCUT2D eigenvalue weighted by Crippen LogP contribution is 2.35. The van der Waals surface area contributed by atoms with Crippen LogP contribution in [0.2, 0.25) is 0 Å². The first-order chi connectivity index (χ1) is 14.4. The van der Waals surface area contributed by atoms with Gasteiger partial charge >= 0.3 is 5.97 Å². The summed E-state index contributed by atoms with van der Waals surface area (Å²) in [6.07, 6.45) is 2.65. The first-order valence-electron chi connectivity index (χ1n) is 8.41. The van der Waals surface area contributed by atoms with Crippen LogP contribution in [-0.4, -0.2) is 40.5 Å². The summed E-state index contributed by atoms with van der Waals surface area (Å²) in [7, 11) is 1.39. The number of phenols is 3. The predicted molar refractivity (Wildman–Crippen MR) is 103 cm³/mol. The molecule has 0 saturated heterocycles. The molecule has 0 atom stereocenters. The molecule has 0 fully saturated rings. The topological polar surface area (TPSA) is 151 Å². The Labute approximate surface area is 169 Å². The van der Waals surface area contributed by atoms with E-state index in [-0.39, 0.29) is 22.8 Å². The van der Waals surface area contributed by atoms with Crippen LogP contribution in [0.15, 0.2) is 58.2 Å². The first-order valence-corrected chi connectivity index (χ1v) is 8.41. The number of methoxy groups -OCH3 is 1. The third-order valence-corrected chi connectivity index (χ3v) is 3.82. The molecule has 3 aromatic rings. The highest BCUT2D eigenvalue weighted by Gasteiger charge is 2.15. The Morgan fingerprint density at radius 2 is 1.80 bits per heavy atom. The lowest BCUT2D eigenvalue weighted by Crippen LogP contribution is -2.17. The van der Waals surface area contributed by atoms with Crippen LogP contribution in [-0.2, 0) is 0 Å². The molecule has 154 valence electrons. The molecule has 0 aliphatic rings. The highest BCUT2D eigenvalue weighted by molar-refractivity contribution is 5.96. The van der Waals surface area contributed by atoms with Gasteiger partial charge in [-0.2, -0.15) is 5.10 Å². The molecule has 0 spiro atoms. The van der Waals surface area contributed by atoms with Crippen molar-refractivity contribution in [2.45, 2.75) is 0 Å². The molecule has 10 nitrogen and oxygen atoms in total. The quantitative estimate of drug-likeness (QED) is 0.158. The maximum Gasteiger partial charge on any atom is 0.379 e. The average molecular weight is 412 g/mol. The second-order valence-corrected chi connectivity index (χ2v) is 5.84. The van der Waals surface area contributed by atoms with E-state index in [0.717, 1.165) is 12.1 Å². The molecule has 0 radical (unpaired) electrons. The minimum Gasteiger partial charge on any atom is -0.504 e. The summed E-state index contributed by atoms with van der Waals surface area (Å²) in [5.74, 6) is -2.98. The number of amides is 1. The van der Waals surface area contributed by atoms with Crippen LogP contribution in [0.5, 0.6) is 28.7 Å². The number of furan rings is 1. The summed E-state index contributed by atoms with van der Waals surface area (Å²) in [5.41, 5.74) is 2.61. The van der Waals surface area contributed by atoms with E-state index >= 15 is 0 Å². The van der Waals surface area contributed by atoms with Gasteiger partial charge in [-0.05, 0) is 48.0 Å². The summed E-state index contributed by atoms with van der Waals surface area (Å²) in [5, 5.41) is 32.0. The van der Waals surface area contributed by atoms with Crippen molar-refractivity contribution in [3.8, 4) is 28.7 Å². The van der Waals surface area contributed by atoms with E-state index in [1.54, 1.807) is 12.1 Å². The molecule has 1 aromatic heterocycles. The number of rotatable bonds is 6. The van der Waals surface area contributed by atoms with Crippen LogP contribution in [0.4, 0.5) is 0 Å². The molecule has 0 bridgehead atoms. The number of aromatic hydroxyl groups is 3. The molecule has 0 aliphatic carbocycles. The molecular formula is C20H16N2O8. The van der Waals surface area contributed by atoms with Crippen molar-refractivity contribution < 1.29 is 38.8 Å². The monoisotopic (exact) mass is 412 g/mol. The van der Waals surface area contributed by atoms with Gasteiger partial charge in [0, 0.05) is 5.56 Å². The third-order valence-electron chi connectivity index (χ3n) is 3.82. The number of phenolic OH excluding ortho intramolecular Hbond substituents is 3. The van der Waals surface area contributed by atoms with Crippen molar-refractivity contribution >= 4 is 18.1 Å².